The minimum atomic E-state index is 0.0581. The molecule has 0 aliphatic carbocycles. The average Bonchev–Trinajstić information content (AvgIpc) is 1.63. The van der Waals surface area contributed by atoms with Gasteiger partial charge >= 0.3 is 0 Å². The number of imidazole rings is 4. The fourth-order valence-corrected chi connectivity index (χ4v) is 17.9. The van der Waals surface area contributed by atoms with Crippen molar-refractivity contribution in [3.05, 3.63) is 295 Å². The second kappa shape index (κ2) is 25.8. The number of para-hydroxylation sites is 8. The van der Waals surface area contributed by atoms with Gasteiger partial charge in [0.05, 0.1) is 55.5 Å². The molecule has 4 aliphatic rings. The first kappa shape index (κ1) is 61.6. The summed E-state index contributed by atoms with van der Waals surface area (Å²) in [4.78, 5) is 54.1. The molecule has 98 heavy (non-hydrogen) atoms. The minimum Gasteiger partial charge on any atom is -0.327 e. The number of rotatable bonds is 12. The highest BCUT2D eigenvalue weighted by Gasteiger charge is 2.41. The van der Waals surface area contributed by atoms with Crippen LogP contribution in [0.2, 0.25) is 0 Å². The van der Waals surface area contributed by atoms with Crippen LogP contribution in [0.15, 0.2) is 216 Å². The first-order valence-corrected chi connectivity index (χ1v) is 35.6. The van der Waals surface area contributed by atoms with E-state index in [1.807, 2.05) is 73.5 Å². The van der Waals surface area contributed by atoms with Gasteiger partial charge in [0.1, 0.15) is 11.6 Å². The molecule has 4 aliphatic heterocycles. The quantitative estimate of drug-likeness (QED) is 0.119. The molecule has 492 valence electrons. The van der Waals surface area contributed by atoms with Crippen LogP contribution < -0.4 is 11.1 Å². The van der Waals surface area contributed by atoms with Gasteiger partial charge in [0.2, 0.25) is 11.6 Å². The van der Waals surface area contributed by atoms with Gasteiger partial charge in [-0.3, -0.25) is 19.4 Å². The summed E-state index contributed by atoms with van der Waals surface area (Å²) in [5.41, 5.74) is 20.5. The molecule has 0 bridgehead atoms. The van der Waals surface area contributed by atoms with Gasteiger partial charge in [-0.1, -0.05) is 158 Å². The van der Waals surface area contributed by atoms with E-state index in [1.54, 1.807) is 8.80 Å². The Kier molecular flexibility index (Phi) is 16.2. The van der Waals surface area contributed by atoms with Crippen molar-refractivity contribution in [2.45, 2.75) is 115 Å². The second-order valence-corrected chi connectivity index (χ2v) is 28.2. The average molecular weight is 1290 g/mol. The molecule has 10 heterocycles. The zero-order valence-electron chi connectivity index (χ0n) is 56.6. The summed E-state index contributed by atoms with van der Waals surface area (Å²) < 4.78 is 12.7. The van der Waals surface area contributed by atoms with Crippen molar-refractivity contribution < 1.29 is 0 Å². The van der Waals surface area contributed by atoms with Crippen molar-refractivity contribution in [1.29, 1.82) is 0 Å². The van der Waals surface area contributed by atoms with Crippen LogP contribution in [-0.2, 0) is 65.7 Å². The Morgan fingerprint density at radius 1 is 0.398 bits per heavy atom. The molecule has 6 atom stereocenters. The number of likely N-dealkylation sites (tertiary alicyclic amines) is 2. The van der Waals surface area contributed by atoms with E-state index in [0.29, 0.717) is 48.3 Å². The molecule has 0 saturated carbocycles. The summed E-state index contributed by atoms with van der Waals surface area (Å²) in [6, 6.07) is 74.2. The maximum absolute atomic E-state index is 14.1. The second-order valence-electron chi connectivity index (χ2n) is 28.2. The van der Waals surface area contributed by atoms with E-state index in [9.17, 15) is 9.59 Å². The number of benzene rings is 8. The van der Waals surface area contributed by atoms with E-state index in [4.69, 9.17) is 19.9 Å². The number of aryl methyl sites for hydroxylation is 8. The highest BCUT2D eigenvalue weighted by molar-refractivity contribution is 5.82. The molecular weight excluding hydrogens is 1210 g/mol. The Balaban J connectivity index is 0.000000147. The zero-order valence-corrected chi connectivity index (χ0v) is 56.6. The molecule has 18 rings (SSSR count). The third-order valence-electron chi connectivity index (χ3n) is 22.8. The molecule has 8 aromatic carbocycles. The van der Waals surface area contributed by atoms with Crippen LogP contribution >= 0.6 is 0 Å². The normalized spacial score (nSPS) is 19.7. The molecule has 14 nitrogen and oxygen atoms in total. The predicted octanol–water partition coefficient (Wildman–Crippen LogP) is 14.2. The maximum atomic E-state index is 14.1. The van der Waals surface area contributed by atoms with Crippen molar-refractivity contribution in [2.75, 3.05) is 26.2 Å². The molecule has 14 aromatic rings. The summed E-state index contributed by atoms with van der Waals surface area (Å²) >= 11 is 0. The number of hydrogen-bond acceptors (Lipinski definition) is 8. The van der Waals surface area contributed by atoms with Crippen LogP contribution in [0.3, 0.4) is 0 Å². The van der Waals surface area contributed by atoms with E-state index < -0.39 is 0 Å². The van der Waals surface area contributed by atoms with Crippen LogP contribution in [-0.4, -0.2) is 95.1 Å². The molecule has 0 N–H and O–H groups in total. The number of piperidine rings is 2. The summed E-state index contributed by atoms with van der Waals surface area (Å²) in [6.45, 7) is 9.56. The Labute approximate surface area is 571 Å². The highest BCUT2D eigenvalue weighted by atomic mass is 16.1. The third-order valence-corrected chi connectivity index (χ3v) is 22.8. The minimum absolute atomic E-state index is 0.0581. The number of aromatic nitrogens is 10. The van der Waals surface area contributed by atoms with E-state index in [-0.39, 0.29) is 23.0 Å². The van der Waals surface area contributed by atoms with Gasteiger partial charge in [0, 0.05) is 75.3 Å². The monoisotopic (exact) mass is 1290 g/mol. The molecule has 2 fully saturated rings. The van der Waals surface area contributed by atoms with Gasteiger partial charge in [-0.25, -0.2) is 28.7 Å². The van der Waals surface area contributed by atoms with Gasteiger partial charge in [-0.15, -0.1) is 0 Å². The van der Waals surface area contributed by atoms with E-state index in [2.05, 4.69) is 189 Å². The Morgan fingerprint density at radius 3 is 1.19 bits per heavy atom. The lowest BCUT2D eigenvalue weighted by molar-refractivity contribution is 0.104. The molecule has 2 saturated heterocycles. The van der Waals surface area contributed by atoms with E-state index >= 15 is 0 Å². The van der Waals surface area contributed by atoms with Crippen molar-refractivity contribution in [1.82, 2.24) is 56.8 Å². The van der Waals surface area contributed by atoms with Crippen molar-refractivity contribution in [3.8, 4) is 0 Å². The Morgan fingerprint density at radius 2 is 0.765 bits per heavy atom. The molecule has 0 spiro atoms. The van der Waals surface area contributed by atoms with Crippen LogP contribution in [0.1, 0.15) is 105 Å². The van der Waals surface area contributed by atoms with Crippen molar-refractivity contribution in [3.63, 3.8) is 0 Å². The maximum Gasteiger partial charge on any atom is 0.263 e. The molecule has 6 unspecified atom stereocenters. The number of nitrogens with zero attached hydrogens (tertiary/aromatic N) is 12. The molecule has 0 amide bonds. The Bertz CT molecular complexity index is 5110. The summed E-state index contributed by atoms with van der Waals surface area (Å²) in [6.07, 6.45) is 9.72. The topological polar surface area (TPSA) is 121 Å². The third kappa shape index (κ3) is 11.0. The molecule has 14 heteroatoms. The van der Waals surface area contributed by atoms with Gasteiger partial charge in [-0.2, -0.15) is 0 Å². The molecule has 0 radical (unpaired) electrons. The van der Waals surface area contributed by atoms with Gasteiger partial charge in [-0.05, 0) is 185 Å². The van der Waals surface area contributed by atoms with Gasteiger partial charge in [0.15, 0.2) is 0 Å². The van der Waals surface area contributed by atoms with E-state index in [0.717, 1.165) is 146 Å². The fraction of sp³-hybridized carbons (Fsp3) is 0.310. The SMILES string of the molecule is Cc1nc2n(C)c3ccccc3n2c(=O)c1CCN1CCC(C2c3ccccc3CCn3c2nc2ccccc23)CC1Cc1ccccc1.Cc1nc2n(C)c3ccccc3n2c(=O)c1CCN1CCC(C2c3ccccc3CCn3c2nc2ccccc23)CC1Cc1ccccc1. The molecular formula is C84H84N12O2. The highest BCUT2D eigenvalue weighted by Crippen LogP contribution is 2.46. The van der Waals surface area contributed by atoms with E-state index in [1.165, 1.54) is 56.1 Å². The van der Waals surface area contributed by atoms with Crippen molar-refractivity contribution >= 4 is 55.7 Å². The summed E-state index contributed by atoms with van der Waals surface area (Å²) in [5, 5.41) is 0. The fourth-order valence-electron chi connectivity index (χ4n) is 17.9. The lowest BCUT2D eigenvalue weighted by Crippen LogP contribution is -2.46. The lowest BCUT2D eigenvalue weighted by atomic mass is 9.75. The smallest absolute Gasteiger partial charge is 0.263 e. The van der Waals surface area contributed by atoms with Gasteiger partial charge in [0.25, 0.3) is 11.1 Å². The standard InChI is InChI=1S/2C42H42N6O/c2*1-28-33(41(49)48-38-19-11-10-18-37(38)45(2)42(48)43-28)22-24-46-23-20-31(27-32(46)26-29-12-4-3-5-13-29)39-34-15-7-6-14-30(34)21-25-47-36-17-9-8-16-35(36)44-40(39)47/h2*3-19,31-32,39H,20-27H2,1-2H3. The lowest BCUT2D eigenvalue weighted by Gasteiger charge is -2.42. The number of hydrogen-bond donors (Lipinski definition) is 0. The largest absolute Gasteiger partial charge is 0.327 e. The predicted molar refractivity (Wildman–Crippen MR) is 393 cm³/mol. The number of fused-ring (bicyclic) bond motifs is 14. The first-order chi connectivity index (χ1) is 48.1. The van der Waals surface area contributed by atoms with Crippen LogP contribution in [0.25, 0.3) is 55.7 Å². The zero-order chi connectivity index (χ0) is 66.1. The van der Waals surface area contributed by atoms with Crippen molar-refractivity contribution in [2.24, 2.45) is 25.9 Å². The van der Waals surface area contributed by atoms with Gasteiger partial charge < -0.3 is 18.3 Å². The van der Waals surface area contributed by atoms with Crippen LogP contribution in [0, 0.1) is 25.7 Å². The molecule has 6 aromatic heterocycles. The summed E-state index contributed by atoms with van der Waals surface area (Å²) in [7, 11) is 3.98. The Hall–Kier alpha value is -10.0. The van der Waals surface area contributed by atoms with Crippen LogP contribution in [0.5, 0.6) is 0 Å². The first-order valence-electron chi connectivity index (χ1n) is 35.6. The van der Waals surface area contributed by atoms with Crippen LogP contribution in [0.4, 0.5) is 0 Å². The summed E-state index contributed by atoms with van der Waals surface area (Å²) in [5.74, 6) is 5.26.